The highest BCUT2D eigenvalue weighted by Crippen LogP contribution is 2.28. The second-order valence-electron chi connectivity index (χ2n) is 5.42. The lowest BCUT2D eigenvalue weighted by atomic mass is 10.2. The molecule has 0 N–H and O–H groups in total. The van der Waals surface area contributed by atoms with Crippen LogP contribution in [0.3, 0.4) is 0 Å². The predicted molar refractivity (Wildman–Crippen MR) is 85.5 cm³/mol. The molecule has 3 rings (SSSR count). The quantitative estimate of drug-likeness (QED) is 0.836. The van der Waals surface area contributed by atoms with Crippen molar-refractivity contribution in [2.75, 3.05) is 13.1 Å². The molecular formula is C16H17BrN2O2. The fourth-order valence-corrected chi connectivity index (χ4v) is 3.31. The lowest BCUT2D eigenvalue weighted by molar-refractivity contribution is -0.128. The molecule has 1 unspecified atom stereocenters. The Hall–Kier alpha value is -1.62. The van der Waals surface area contributed by atoms with Crippen molar-refractivity contribution in [1.29, 1.82) is 0 Å². The highest BCUT2D eigenvalue weighted by molar-refractivity contribution is 9.10. The molecular weight excluding hydrogens is 332 g/mol. The third-order valence-corrected chi connectivity index (χ3v) is 4.41. The minimum Gasteiger partial charge on any atom is -0.488 e. The van der Waals surface area contributed by atoms with Gasteiger partial charge < -0.3 is 9.64 Å². The van der Waals surface area contributed by atoms with Gasteiger partial charge in [-0.2, -0.15) is 0 Å². The number of carbonyl (C=O) groups is 1. The van der Waals surface area contributed by atoms with Crippen LogP contribution in [-0.2, 0) is 4.79 Å². The summed E-state index contributed by atoms with van der Waals surface area (Å²) in [5, 5.41) is 1.04. The van der Waals surface area contributed by atoms with Crippen LogP contribution in [0.1, 0.15) is 19.0 Å². The Balaban J connectivity index is 1.81. The number of aryl methyl sites for hydroxylation is 1. The van der Waals surface area contributed by atoms with E-state index in [1.54, 1.807) is 6.92 Å². The number of rotatable bonds is 2. The number of halogens is 1. The molecule has 2 heterocycles. The molecule has 1 fully saturated rings. The first kappa shape index (κ1) is 14.3. The summed E-state index contributed by atoms with van der Waals surface area (Å²) < 4.78 is 7.03. The smallest absolute Gasteiger partial charge is 0.219 e. The van der Waals surface area contributed by atoms with E-state index in [-0.39, 0.29) is 12.0 Å². The van der Waals surface area contributed by atoms with Gasteiger partial charge in [-0.15, -0.1) is 0 Å². The molecule has 4 nitrogen and oxygen atoms in total. The third-order valence-electron chi connectivity index (χ3n) is 3.75. The molecule has 110 valence electrons. The number of aromatic nitrogens is 1. The van der Waals surface area contributed by atoms with Crippen molar-refractivity contribution in [1.82, 2.24) is 9.88 Å². The van der Waals surface area contributed by atoms with E-state index in [1.165, 1.54) is 0 Å². The summed E-state index contributed by atoms with van der Waals surface area (Å²) in [5.41, 5.74) is 1.93. The summed E-state index contributed by atoms with van der Waals surface area (Å²) in [6.07, 6.45) is 0.953. The zero-order valence-corrected chi connectivity index (χ0v) is 13.7. The van der Waals surface area contributed by atoms with Gasteiger partial charge in [-0.25, -0.2) is 0 Å². The van der Waals surface area contributed by atoms with Crippen molar-refractivity contribution < 1.29 is 9.53 Å². The largest absolute Gasteiger partial charge is 0.488 e. The molecule has 21 heavy (non-hydrogen) atoms. The van der Waals surface area contributed by atoms with Crippen molar-refractivity contribution >= 4 is 32.7 Å². The summed E-state index contributed by atoms with van der Waals surface area (Å²) >= 11 is 3.57. The van der Waals surface area contributed by atoms with E-state index in [2.05, 4.69) is 20.9 Å². The molecule has 0 spiro atoms. The highest BCUT2D eigenvalue weighted by atomic mass is 79.9. The molecule has 1 atom stereocenters. The van der Waals surface area contributed by atoms with Crippen LogP contribution in [-0.4, -0.2) is 35.0 Å². The first-order valence-corrected chi connectivity index (χ1v) is 7.81. The number of hydrogen-bond donors (Lipinski definition) is 0. The molecule has 1 aromatic heterocycles. The SMILES string of the molecule is CC(=O)N1CCC(Oc2ccc3nc(C)cc(Br)c3c2)C1. The zero-order valence-electron chi connectivity index (χ0n) is 12.1. The van der Waals surface area contributed by atoms with E-state index >= 15 is 0 Å². The van der Waals surface area contributed by atoms with Crippen molar-refractivity contribution in [3.8, 4) is 5.75 Å². The third kappa shape index (κ3) is 3.02. The van der Waals surface area contributed by atoms with Crippen LogP contribution in [0.5, 0.6) is 5.75 Å². The molecule has 1 amide bonds. The van der Waals surface area contributed by atoms with Gasteiger partial charge in [0.05, 0.1) is 12.1 Å². The lowest BCUT2D eigenvalue weighted by Gasteiger charge is -2.16. The van der Waals surface area contributed by atoms with Gasteiger partial charge >= 0.3 is 0 Å². The summed E-state index contributed by atoms with van der Waals surface area (Å²) in [7, 11) is 0. The van der Waals surface area contributed by atoms with Crippen molar-refractivity contribution in [3.05, 3.63) is 34.4 Å². The van der Waals surface area contributed by atoms with E-state index in [1.807, 2.05) is 36.1 Å². The zero-order chi connectivity index (χ0) is 15.0. The Bertz CT molecular complexity index is 702. The van der Waals surface area contributed by atoms with E-state index in [0.29, 0.717) is 6.54 Å². The number of carbonyl (C=O) groups excluding carboxylic acids is 1. The maximum absolute atomic E-state index is 11.4. The van der Waals surface area contributed by atoms with Gasteiger partial charge in [0.25, 0.3) is 0 Å². The Morgan fingerprint density at radius 1 is 1.43 bits per heavy atom. The number of hydrogen-bond acceptors (Lipinski definition) is 3. The van der Waals surface area contributed by atoms with E-state index < -0.39 is 0 Å². The van der Waals surface area contributed by atoms with Crippen LogP contribution < -0.4 is 4.74 Å². The van der Waals surface area contributed by atoms with Crippen LogP contribution in [0.2, 0.25) is 0 Å². The second-order valence-corrected chi connectivity index (χ2v) is 6.27. The number of amides is 1. The van der Waals surface area contributed by atoms with Gasteiger partial charge in [0.15, 0.2) is 0 Å². The summed E-state index contributed by atoms with van der Waals surface area (Å²) in [6.45, 7) is 5.02. The highest BCUT2D eigenvalue weighted by Gasteiger charge is 2.25. The van der Waals surface area contributed by atoms with Gasteiger partial charge in [0.1, 0.15) is 11.9 Å². The molecule has 2 aromatic rings. The van der Waals surface area contributed by atoms with E-state index in [0.717, 1.165) is 39.8 Å². The van der Waals surface area contributed by atoms with E-state index in [4.69, 9.17) is 4.74 Å². The molecule has 0 radical (unpaired) electrons. The number of fused-ring (bicyclic) bond motifs is 1. The first-order chi connectivity index (χ1) is 10.0. The summed E-state index contributed by atoms with van der Waals surface area (Å²) in [5.74, 6) is 0.936. The Morgan fingerprint density at radius 2 is 2.24 bits per heavy atom. The van der Waals surface area contributed by atoms with Gasteiger partial charge in [-0.3, -0.25) is 9.78 Å². The number of likely N-dealkylation sites (tertiary alicyclic amines) is 1. The molecule has 5 heteroatoms. The van der Waals surface area contributed by atoms with Crippen LogP contribution in [0.15, 0.2) is 28.7 Å². The first-order valence-electron chi connectivity index (χ1n) is 7.02. The number of benzene rings is 1. The fourth-order valence-electron chi connectivity index (χ4n) is 2.66. The maximum atomic E-state index is 11.4. The van der Waals surface area contributed by atoms with Crippen LogP contribution >= 0.6 is 15.9 Å². The Morgan fingerprint density at radius 3 is 2.95 bits per heavy atom. The molecule has 0 aliphatic carbocycles. The standard InChI is InChI=1S/C16H17BrN2O2/c1-10-7-15(17)14-8-12(3-4-16(14)18-10)21-13-5-6-19(9-13)11(2)20/h3-4,7-8,13H,5-6,9H2,1-2H3. The summed E-state index contributed by atoms with van der Waals surface area (Å²) in [6, 6.07) is 7.92. The molecule has 0 bridgehead atoms. The normalized spacial score (nSPS) is 18.2. The van der Waals surface area contributed by atoms with Crippen molar-refractivity contribution in [2.45, 2.75) is 26.4 Å². The van der Waals surface area contributed by atoms with Gasteiger partial charge in [-0.1, -0.05) is 15.9 Å². The molecule has 0 saturated carbocycles. The lowest BCUT2D eigenvalue weighted by Crippen LogP contribution is -2.28. The summed E-state index contributed by atoms with van der Waals surface area (Å²) in [4.78, 5) is 17.7. The fraction of sp³-hybridized carbons (Fsp3) is 0.375. The van der Waals surface area contributed by atoms with Gasteiger partial charge in [0.2, 0.25) is 5.91 Å². The van der Waals surface area contributed by atoms with Crippen molar-refractivity contribution in [3.63, 3.8) is 0 Å². The van der Waals surface area contributed by atoms with Crippen LogP contribution in [0.25, 0.3) is 10.9 Å². The van der Waals surface area contributed by atoms with Crippen LogP contribution in [0.4, 0.5) is 0 Å². The number of nitrogens with zero attached hydrogens (tertiary/aromatic N) is 2. The van der Waals surface area contributed by atoms with E-state index in [9.17, 15) is 4.79 Å². The molecule has 1 aliphatic heterocycles. The van der Waals surface area contributed by atoms with Gasteiger partial charge in [0, 0.05) is 35.4 Å². The number of pyridine rings is 1. The van der Waals surface area contributed by atoms with Crippen molar-refractivity contribution in [2.24, 2.45) is 0 Å². The average molecular weight is 349 g/mol. The monoisotopic (exact) mass is 348 g/mol. The van der Waals surface area contributed by atoms with Gasteiger partial charge in [-0.05, 0) is 31.2 Å². The Kier molecular flexibility index (Phi) is 3.85. The minimum atomic E-state index is 0.0727. The number of ether oxygens (including phenoxy) is 1. The molecule has 1 aromatic carbocycles. The molecule has 1 aliphatic rings. The Labute approximate surface area is 132 Å². The average Bonchev–Trinajstić information content (AvgIpc) is 2.88. The van der Waals surface area contributed by atoms with Crippen LogP contribution in [0, 0.1) is 6.92 Å². The predicted octanol–water partition coefficient (Wildman–Crippen LogP) is 3.31. The topological polar surface area (TPSA) is 42.4 Å². The minimum absolute atomic E-state index is 0.0727. The maximum Gasteiger partial charge on any atom is 0.219 e. The second kappa shape index (κ2) is 5.64. The molecule has 1 saturated heterocycles.